The lowest BCUT2D eigenvalue weighted by molar-refractivity contribution is -0.130. The highest BCUT2D eigenvalue weighted by Gasteiger charge is 2.22. The van der Waals surface area contributed by atoms with Crippen molar-refractivity contribution in [1.29, 1.82) is 0 Å². The molecule has 1 saturated heterocycles. The van der Waals surface area contributed by atoms with Crippen LogP contribution in [0.4, 0.5) is 11.6 Å². The zero-order chi connectivity index (χ0) is 24.5. The fourth-order valence-electron chi connectivity index (χ4n) is 4.08. The minimum absolute atomic E-state index is 0.0552. The normalized spacial score (nSPS) is 13.4. The van der Waals surface area contributed by atoms with Crippen molar-refractivity contribution in [3.05, 3.63) is 78.1 Å². The molecule has 0 radical (unpaired) electrons. The number of piperazine rings is 1. The molecule has 0 unspecified atom stereocenters. The summed E-state index contributed by atoms with van der Waals surface area (Å²) in [5.74, 6) is 1.58. The van der Waals surface area contributed by atoms with Crippen LogP contribution in [0.25, 0.3) is 0 Å². The highest BCUT2D eigenvalue weighted by Crippen LogP contribution is 2.20. The molecule has 2 amide bonds. The van der Waals surface area contributed by atoms with Gasteiger partial charge in [0, 0.05) is 50.7 Å². The van der Waals surface area contributed by atoms with E-state index in [1.165, 1.54) is 0 Å². The van der Waals surface area contributed by atoms with E-state index in [2.05, 4.69) is 20.2 Å². The fourth-order valence-corrected chi connectivity index (χ4v) is 4.08. The number of nitrogens with zero attached hydrogens (tertiary/aromatic N) is 4. The van der Waals surface area contributed by atoms with Crippen LogP contribution in [0.2, 0.25) is 0 Å². The molecule has 0 atom stereocenters. The average Bonchev–Trinajstić information content (AvgIpc) is 2.90. The molecule has 0 aliphatic carbocycles. The average molecular weight is 474 g/mol. The van der Waals surface area contributed by atoms with E-state index >= 15 is 0 Å². The number of nitrogens with one attached hydrogen (secondary N) is 1. The standard InChI is InChI=1S/C27H31N5O3/c1-2-35-24-7-4-3-6-22(24)10-13-25(33)30-23-11-8-21(9-12-23)20-26(34)31-16-18-32(19-17-31)27-28-14-5-15-29-27/h3-9,11-12,14-15H,2,10,13,16-20H2,1H3,(H,30,33). The van der Waals surface area contributed by atoms with Crippen LogP contribution in [-0.2, 0) is 22.4 Å². The molecule has 35 heavy (non-hydrogen) atoms. The van der Waals surface area contributed by atoms with Crippen LogP contribution in [-0.4, -0.2) is 59.5 Å². The van der Waals surface area contributed by atoms with Crippen LogP contribution in [0, 0.1) is 0 Å². The quantitative estimate of drug-likeness (QED) is 0.513. The van der Waals surface area contributed by atoms with Crippen molar-refractivity contribution < 1.29 is 14.3 Å². The molecule has 0 bridgehead atoms. The lowest BCUT2D eigenvalue weighted by atomic mass is 10.1. The number of ether oxygens (including phenoxy) is 1. The Labute approximate surface area is 205 Å². The summed E-state index contributed by atoms with van der Waals surface area (Å²) in [6.07, 6.45) is 4.77. The number of aromatic nitrogens is 2. The van der Waals surface area contributed by atoms with Gasteiger partial charge in [-0.25, -0.2) is 9.97 Å². The third kappa shape index (κ3) is 6.79. The summed E-state index contributed by atoms with van der Waals surface area (Å²) in [5, 5.41) is 2.94. The Kier molecular flexibility index (Phi) is 8.27. The molecule has 182 valence electrons. The lowest BCUT2D eigenvalue weighted by Gasteiger charge is -2.34. The van der Waals surface area contributed by atoms with Gasteiger partial charge in [-0.05, 0) is 48.7 Å². The highest BCUT2D eigenvalue weighted by atomic mass is 16.5. The second kappa shape index (κ2) is 12.0. The van der Waals surface area contributed by atoms with E-state index in [4.69, 9.17) is 4.74 Å². The van der Waals surface area contributed by atoms with Crippen LogP contribution in [0.15, 0.2) is 67.0 Å². The zero-order valence-electron chi connectivity index (χ0n) is 20.0. The number of hydrogen-bond donors (Lipinski definition) is 1. The Morgan fingerprint density at radius 2 is 1.66 bits per heavy atom. The molecule has 1 aliphatic rings. The van der Waals surface area contributed by atoms with E-state index < -0.39 is 0 Å². The Hall–Kier alpha value is -3.94. The summed E-state index contributed by atoms with van der Waals surface area (Å²) in [7, 11) is 0. The Morgan fingerprint density at radius 1 is 0.943 bits per heavy atom. The number of amides is 2. The summed E-state index contributed by atoms with van der Waals surface area (Å²) in [4.78, 5) is 37.7. The van der Waals surface area contributed by atoms with E-state index in [0.29, 0.717) is 44.9 Å². The molecule has 1 fully saturated rings. The second-order valence-electron chi connectivity index (χ2n) is 8.38. The summed E-state index contributed by atoms with van der Waals surface area (Å²) < 4.78 is 5.63. The molecule has 4 rings (SSSR count). The van der Waals surface area contributed by atoms with Crippen molar-refractivity contribution in [3.8, 4) is 5.75 Å². The second-order valence-corrected chi connectivity index (χ2v) is 8.38. The number of carbonyl (C=O) groups is 2. The first-order valence-corrected chi connectivity index (χ1v) is 12.0. The van der Waals surface area contributed by atoms with Gasteiger partial charge in [-0.15, -0.1) is 0 Å². The van der Waals surface area contributed by atoms with E-state index in [9.17, 15) is 9.59 Å². The maximum Gasteiger partial charge on any atom is 0.227 e. The molecule has 1 aromatic heterocycles. The number of anilines is 2. The van der Waals surface area contributed by atoms with Gasteiger partial charge in [0.25, 0.3) is 0 Å². The van der Waals surface area contributed by atoms with Gasteiger partial charge in [0.05, 0.1) is 13.0 Å². The van der Waals surface area contributed by atoms with Gasteiger partial charge in [-0.2, -0.15) is 0 Å². The lowest BCUT2D eigenvalue weighted by Crippen LogP contribution is -2.49. The molecular weight excluding hydrogens is 442 g/mol. The Bertz CT molecular complexity index is 1110. The van der Waals surface area contributed by atoms with Crippen LogP contribution in [0.1, 0.15) is 24.5 Å². The fraction of sp³-hybridized carbons (Fsp3) is 0.333. The Balaban J connectivity index is 1.22. The zero-order valence-corrected chi connectivity index (χ0v) is 20.0. The van der Waals surface area contributed by atoms with Gasteiger partial charge in [0.15, 0.2) is 0 Å². The van der Waals surface area contributed by atoms with Gasteiger partial charge in [-0.1, -0.05) is 30.3 Å². The molecule has 0 saturated carbocycles. The minimum Gasteiger partial charge on any atom is -0.494 e. The molecule has 1 aliphatic heterocycles. The predicted octanol–water partition coefficient (Wildman–Crippen LogP) is 3.34. The number of rotatable bonds is 9. The first-order valence-electron chi connectivity index (χ1n) is 12.0. The van der Waals surface area contributed by atoms with E-state index in [1.807, 2.05) is 60.4 Å². The van der Waals surface area contributed by atoms with Crippen molar-refractivity contribution in [2.45, 2.75) is 26.2 Å². The predicted molar refractivity (Wildman–Crippen MR) is 136 cm³/mol. The van der Waals surface area contributed by atoms with E-state index in [-0.39, 0.29) is 11.8 Å². The third-order valence-corrected chi connectivity index (χ3v) is 5.95. The number of aryl methyl sites for hydroxylation is 1. The van der Waals surface area contributed by atoms with Crippen molar-refractivity contribution >= 4 is 23.5 Å². The van der Waals surface area contributed by atoms with Gasteiger partial charge in [0.2, 0.25) is 17.8 Å². The van der Waals surface area contributed by atoms with Crippen LogP contribution < -0.4 is 15.0 Å². The van der Waals surface area contributed by atoms with E-state index in [0.717, 1.165) is 35.7 Å². The van der Waals surface area contributed by atoms with Crippen molar-refractivity contribution in [2.75, 3.05) is 43.0 Å². The minimum atomic E-state index is -0.0552. The van der Waals surface area contributed by atoms with Crippen LogP contribution in [0.3, 0.4) is 0 Å². The number of hydrogen-bond acceptors (Lipinski definition) is 6. The molecule has 8 nitrogen and oxygen atoms in total. The maximum atomic E-state index is 12.8. The summed E-state index contributed by atoms with van der Waals surface area (Å²) in [5.41, 5.74) is 2.67. The third-order valence-electron chi connectivity index (χ3n) is 5.95. The van der Waals surface area contributed by atoms with Gasteiger partial charge >= 0.3 is 0 Å². The molecule has 8 heteroatoms. The molecule has 0 spiro atoms. The van der Waals surface area contributed by atoms with Gasteiger partial charge < -0.3 is 19.9 Å². The maximum absolute atomic E-state index is 12.8. The highest BCUT2D eigenvalue weighted by molar-refractivity contribution is 5.91. The Morgan fingerprint density at radius 3 is 2.37 bits per heavy atom. The number of para-hydroxylation sites is 1. The van der Waals surface area contributed by atoms with Gasteiger partial charge in [0.1, 0.15) is 5.75 Å². The number of benzene rings is 2. The monoisotopic (exact) mass is 473 g/mol. The largest absolute Gasteiger partial charge is 0.494 e. The molecule has 2 heterocycles. The van der Waals surface area contributed by atoms with Crippen LogP contribution >= 0.6 is 0 Å². The molecule has 1 N–H and O–H groups in total. The van der Waals surface area contributed by atoms with E-state index in [1.54, 1.807) is 18.5 Å². The van der Waals surface area contributed by atoms with Crippen molar-refractivity contribution in [1.82, 2.24) is 14.9 Å². The molecule has 3 aromatic rings. The summed E-state index contributed by atoms with van der Waals surface area (Å²) in [6, 6.07) is 17.1. The van der Waals surface area contributed by atoms with Gasteiger partial charge in [-0.3, -0.25) is 9.59 Å². The SMILES string of the molecule is CCOc1ccccc1CCC(=O)Nc1ccc(CC(=O)N2CCN(c3ncccn3)CC2)cc1. The summed E-state index contributed by atoms with van der Waals surface area (Å²) >= 11 is 0. The summed E-state index contributed by atoms with van der Waals surface area (Å²) in [6.45, 7) is 5.28. The number of carbonyl (C=O) groups excluding carboxylic acids is 2. The first kappa shape index (κ1) is 24.2. The van der Waals surface area contributed by atoms with Crippen molar-refractivity contribution in [2.24, 2.45) is 0 Å². The molecule has 2 aromatic carbocycles. The van der Waals surface area contributed by atoms with Crippen molar-refractivity contribution in [3.63, 3.8) is 0 Å². The smallest absolute Gasteiger partial charge is 0.227 e. The van der Waals surface area contributed by atoms with Crippen LogP contribution in [0.5, 0.6) is 5.75 Å². The molecular formula is C27H31N5O3. The topological polar surface area (TPSA) is 87.7 Å². The first-order chi connectivity index (χ1) is 17.1.